The van der Waals surface area contributed by atoms with E-state index in [9.17, 15) is 9.90 Å². The first-order valence-electron chi connectivity index (χ1n) is 8.21. The molecule has 0 amide bonds. The lowest BCUT2D eigenvalue weighted by atomic mass is 9.68. The third-order valence-corrected chi connectivity index (χ3v) is 5.43. The van der Waals surface area contributed by atoms with Gasteiger partial charge in [0, 0.05) is 19.6 Å². The monoisotopic (exact) mass is 303 g/mol. The zero-order valence-electron chi connectivity index (χ0n) is 13.3. The first-order valence-corrected chi connectivity index (χ1v) is 8.21. The molecule has 1 heterocycles. The van der Waals surface area contributed by atoms with Gasteiger partial charge in [-0.3, -0.25) is 9.69 Å². The number of aliphatic carboxylic acids is 1. The molecule has 0 unspecified atom stereocenters. The van der Waals surface area contributed by atoms with Crippen LogP contribution >= 0.6 is 0 Å². The number of rotatable bonds is 4. The normalized spacial score (nSPS) is 24.5. The molecule has 22 heavy (non-hydrogen) atoms. The summed E-state index contributed by atoms with van der Waals surface area (Å²) in [6.07, 6.45) is 5.76. The van der Waals surface area contributed by atoms with Crippen LogP contribution in [0.3, 0.4) is 0 Å². The van der Waals surface area contributed by atoms with Crippen LogP contribution in [-0.4, -0.2) is 36.2 Å². The molecule has 4 nitrogen and oxygen atoms in total. The van der Waals surface area contributed by atoms with E-state index in [1.165, 1.54) is 24.8 Å². The predicted molar refractivity (Wildman–Crippen MR) is 84.9 cm³/mol. The van der Waals surface area contributed by atoms with Crippen molar-refractivity contribution in [2.24, 2.45) is 11.3 Å². The van der Waals surface area contributed by atoms with Gasteiger partial charge >= 0.3 is 5.97 Å². The minimum absolute atomic E-state index is 0.0105. The lowest BCUT2D eigenvalue weighted by molar-refractivity contribution is -0.145. The number of ether oxygens (including phenoxy) is 1. The van der Waals surface area contributed by atoms with Gasteiger partial charge in [-0.15, -0.1) is 0 Å². The fourth-order valence-corrected chi connectivity index (χ4v) is 4.28. The minimum atomic E-state index is -0.612. The molecule has 1 spiro atoms. The molecule has 1 atom stereocenters. The Morgan fingerprint density at radius 2 is 1.95 bits per heavy atom. The summed E-state index contributed by atoms with van der Waals surface area (Å²) in [5.74, 6) is 0.0440. The van der Waals surface area contributed by atoms with Crippen LogP contribution in [0.4, 0.5) is 0 Å². The minimum Gasteiger partial charge on any atom is -0.497 e. The van der Waals surface area contributed by atoms with Crippen molar-refractivity contribution in [1.29, 1.82) is 0 Å². The molecule has 4 heteroatoms. The van der Waals surface area contributed by atoms with E-state index in [-0.39, 0.29) is 11.3 Å². The van der Waals surface area contributed by atoms with Crippen LogP contribution in [0.2, 0.25) is 0 Å². The number of nitrogens with zero attached hydrogens (tertiary/aromatic N) is 1. The topological polar surface area (TPSA) is 49.8 Å². The van der Waals surface area contributed by atoms with Gasteiger partial charge in [0.25, 0.3) is 0 Å². The van der Waals surface area contributed by atoms with E-state index in [4.69, 9.17) is 4.74 Å². The highest BCUT2D eigenvalue weighted by atomic mass is 16.5. The van der Waals surface area contributed by atoms with E-state index in [0.29, 0.717) is 6.54 Å². The lowest BCUT2D eigenvalue weighted by Crippen LogP contribution is -2.36. The molecule has 1 aromatic carbocycles. The maximum absolute atomic E-state index is 11.7. The first-order chi connectivity index (χ1) is 10.6. The third kappa shape index (κ3) is 2.98. The standard InChI is InChI=1S/C18H25NO3/c1-22-15-7-5-14(6-8-15)11-19-12-16(17(20)21)18(13-19)9-3-2-4-10-18/h5-8,16H,2-4,9-13H2,1H3,(H,20,21)/t16-/m1/s1. The van der Waals surface area contributed by atoms with Gasteiger partial charge in [-0.1, -0.05) is 31.4 Å². The van der Waals surface area contributed by atoms with Gasteiger partial charge in [-0.25, -0.2) is 0 Å². The van der Waals surface area contributed by atoms with Crippen LogP contribution in [0, 0.1) is 11.3 Å². The van der Waals surface area contributed by atoms with Crippen molar-refractivity contribution in [3.05, 3.63) is 29.8 Å². The van der Waals surface area contributed by atoms with E-state index in [1.54, 1.807) is 7.11 Å². The Balaban J connectivity index is 1.71. The van der Waals surface area contributed by atoms with Gasteiger partial charge in [-0.05, 0) is 36.0 Å². The summed E-state index contributed by atoms with van der Waals surface area (Å²) in [6.45, 7) is 2.44. The van der Waals surface area contributed by atoms with E-state index in [2.05, 4.69) is 17.0 Å². The van der Waals surface area contributed by atoms with Gasteiger partial charge < -0.3 is 9.84 Å². The van der Waals surface area contributed by atoms with Crippen LogP contribution in [0.5, 0.6) is 5.75 Å². The molecule has 1 saturated carbocycles. The molecule has 1 aromatic rings. The molecule has 2 aliphatic rings. The molecule has 3 rings (SSSR count). The van der Waals surface area contributed by atoms with Crippen LogP contribution in [-0.2, 0) is 11.3 Å². The summed E-state index contributed by atoms with van der Waals surface area (Å²) in [4.78, 5) is 14.0. The zero-order valence-corrected chi connectivity index (χ0v) is 13.3. The maximum Gasteiger partial charge on any atom is 0.308 e. The average molecular weight is 303 g/mol. The molecule has 1 aliphatic heterocycles. The van der Waals surface area contributed by atoms with Gasteiger partial charge in [-0.2, -0.15) is 0 Å². The summed E-state index contributed by atoms with van der Waals surface area (Å²) in [5.41, 5.74) is 1.23. The summed E-state index contributed by atoms with van der Waals surface area (Å²) in [6, 6.07) is 8.08. The fourth-order valence-electron chi connectivity index (χ4n) is 4.28. The van der Waals surface area contributed by atoms with Crippen LogP contribution in [0.1, 0.15) is 37.7 Å². The first kappa shape index (κ1) is 15.3. The summed E-state index contributed by atoms with van der Waals surface area (Å²) in [7, 11) is 1.67. The Bertz CT molecular complexity index is 520. The Morgan fingerprint density at radius 1 is 1.27 bits per heavy atom. The van der Waals surface area contributed by atoms with Crippen molar-refractivity contribution in [2.45, 2.75) is 38.6 Å². The zero-order chi connectivity index (χ0) is 15.6. The second-order valence-corrected chi connectivity index (χ2v) is 6.83. The molecule has 120 valence electrons. The summed E-state index contributed by atoms with van der Waals surface area (Å²) >= 11 is 0. The van der Waals surface area contributed by atoms with Crippen molar-refractivity contribution in [2.75, 3.05) is 20.2 Å². The summed E-state index contributed by atoms with van der Waals surface area (Å²) < 4.78 is 5.19. The van der Waals surface area contributed by atoms with Gasteiger partial charge in [0.1, 0.15) is 5.75 Å². The molecule has 1 aliphatic carbocycles. The third-order valence-electron chi connectivity index (χ3n) is 5.43. The number of hydrogen-bond acceptors (Lipinski definition) is 3. The molecular formula is C18H25NO3. The second kappa shape index (κ2) is 6.29. The quantitative estimate of drug-likeness (QED) is 0.928. The molecular weight excluding hydrogens is 278 g/mol. The van der Waals surface area contributed by atoms with E-state index in [1.807, 2.05) is 12.1 Å². The van der Waals surface area contributed by atoms with Crippen LogP contribution < -0.4 is 4.74 Å². The average Bonchev–Trinajstić information content (AvgIpc) is 2.86. The molecule has 2 fully saturated rings. The number of carboxylic acid groups (broad SMARTS) is 1. The van der Waals surface area contributed by atoms with E-state index >= 15 is 0 Å². The summed E-state index contributed by atoms with van der Waals surface area (Å²) in [5, 5.41) is 9.64. The Labute approximate surface area is 132 Å². The number of likely N-dealkylation sites (tertiary alicyclic amines) is 1. The highest BCUT2D eigenvalue weighted by molar-refractivity contribution is 5.72. The molecule has 1 saturated heterocycles. The number of benzene rings is 1. The second-order valence-electron chi connectivity index (χ2n) is 6.83. The predicted octanol–water partition coefficient (Wildman–Crippen LogP) is 3.16. The largest absolute Gasteiger partial charge is 0.497 e. The fraction of sp³-hybridized carbons (Fsp3) is 0.611. The molecule has 0 bridgehead atoms. The Hall–Kier alpha value is -1.55. The molecule has 0 radical (unpaired) electrons. The Morgan fingerprint density at radius 3 is 2.55 bits per heavy atom. The van der Waals surface area contributed by atoms with E-state index in [0.717, 1.165) is 31.7 Å². The van der Waals surface area contributed by atoms with Crippen molar-refractivity contribution in [3.63, 3.8) is 0 Å². The number of carbonyl (C=O) groups is 1. The number of methoxy groups -OCH3 is 1. The van der Waals surface area contributed by atoms with E-state index < -0.39 is 5.97 Å². The molecule has 0 aromatic heterocycles. The lowest BCUT2D eigenvalue weighted by Gasteiger charge is -2.36. The van der Waals surface area contributed by atoms with Crippen molar-refractivity contribution < 1.29 is 14.6 Å². The molecule has 1 N–H and O–H groups in total. The SMILES string of the molecule is COc1ccc(CN2C[C@H](C(=O)O)C3(CCCCC3)C2)cc1. The highest BCUT2D eigenvalue weighted by Crippen LogP contribution is 2.47. The highest BCUT2D eigenvalue weighted by Gasteiger charge is 2.50. The van der Waals surface area contributed by atoms with Gasteiger partial charge in [0.05, 0.1) is 13.0 Å². The van der Waals surface area contributed by atoms with Crippen molar-refractivity contribution >= 4 is 5.97 Å². The van der Waals surface area contributed by atoms with Crippen LogP contribution in [0.15, 0.2) is 24.3 Å². The van der Waals surface area contributed by atoms with Gasteiger partial charge in [0.2, 0.25) is 0 Å². The Kier molecular flexibility index (Phi) is 4.39. The van der Waals surface area contributed by atoms with Crippen molar-refractivity contribution in [1.82, 2.24) is 4.90 Å². The smallest absolute Gasteiger partial charge is 0.308 e. The maximum atomic E-state index is 11.7. The number of hydrogen-bond donors (Lipinski definition) is 1. The van der Waals surface area contributed by atoms with Crippen molar-refractivity contribution in [3.8, 4) is 5.75 Å². The van der Waals surface area contributed by atoms with Crippen LogP contribution in [0.25, 0.3) is 0 Å². The number of carboxylic acids is 1. The van der Waals surface area contributed by atoms with Gasteiger partial charge in [0.15, 0.2) is 0 Å².